The van der Waals surface area contributed by atoms with E-state index < -0.39 is 0 Å². The van der Waals surface area contributed by atoms with Crippen molar-refractivity contribution in [3.63, 3.8) is 0 Å². The number of ether oxygens (including phenoxy) is 2. The average Bonchev–Trinajstić information content (AvgIpc) is 2.71. The second-order valence-corrected chi connectivity index (χ2v) is 6.48. The number of carbonyl (C=O) groups is 1. The van der Waals surface area contributed by atoms with Crippen molar-refractivity contribution in [2.75, 3.05) is 32.6 Å². The Morgan fingerprint density at radius 1 is 1.14 bits per heavy atom. The maximum Gasteiger partial charge on any atom is 0.255 e. The summed E-state index contributed by atoms with van der Waals surface area (Å²) in [5.41, 5.74) is 3.32. The van der Waals surface area contributed by atoms with Crippen LogP contribution >= 0.6 is 0 Å². The van der Waals surface area contributed by atoms with Crippen LogP contribution in [-0.4, -0.2) is 38.1 Å². The summed E-state index contributed by atoms with van der Waals surface area (Å²) >= 11 is 0. The van der Waals surface area contributed by atoms with E-state index in [1.165, 1.54) is 5.56 Å². The van der Waals surface area contributed by atoms with Crippen molar-refractivity contribution in [2.24, 2.45) is 0 Å². The fraction of sp³-hybridized carbons (Fsp3) is 0.348. The average molecular weight is 383 g/mol. The van der Waals surface area contributed by atoms with E-state index in [1.54, 1.807) is 26.4 Å². The molecule has 0 spiro atoms. The molecule has 0 radical (unpaired) electrons. The van der Waals surface area contributed by atoms with Gasteiger partial charge in [-0.1, -0.05) is 32.1 Å². The predicted octanol–water partition coefficient (Wildman–Crippen LogP) is 4.53. The van der Waals surface area contributed by atoms with Crippen molar-refractivity contribution in [3.8, 4) is 11.5 Å². The molecule has 2 rings (SSSR count). The van der Waals surface area contributed by atoms with Crippen LogP contribution in [-0.2, 0) is 13.0 Å². The fourth-order valence-electron chi connectivity index (χ4n) is 3.14. The van der Waals surface area contributed by atoms with E-state index in [0.29, 0.717) is 23.5 Å². The van der Waals surface area contributed by atoms with Gasteiger partial charge in [0.05, 0.1) is 14.2 Å². The lowest BCUT2D eigenvalue weighted by Crippen LogP contribution is -2.22. The molecule has 0 aliphatic rings. The summed E-state index contributed by atoms with van der Waals surface area (Å²) in [6.07, 6.45) is 2.36. The normalized spacial score (nSPS) is 10.6. The Bertz CT molecular complexity index is 813. The number of nitrogens with zero attached hydrogens (tertiary/aromatic N) is 1. The molecule has 5 nitrogen and oxygen atoms in total. The van der Waals surface area contributed by atoms with Gasteiger partial charge in [-0.15, -0.1) is 6.58 Å². The first kappa shape index (κ1) is 21.5. The summed E-state index contributed by atoms with van der Waals surface area (Å²) < 4.78 is 10.8. The summed E-state index contributed by atoms with van der Waals surface area (Å²) in [5.74, 6) is 0.966. The number of hydrogen-bond acceptors (Lipinski definition) is 4. The molecule has 0 unspecified atom stereocenters. The van der Waals surface area contributed by atoms with Crippen LogP contribution in [0.3, 0.4) is 0 Å². The number of methoxy groups -OCH3 is 2. The van der Waals surface area contributed by atoms with E-state index >= 15 is 0 Å². The van der Waals surface area contributed by atoms with Crippen LogP contribution in [0, 0.1) is 0 Å². The number of allylic oxidation sites excluding steroid dienone is 1. The Labute approximate surface area is 168 Å². The summed E-state index contributed by atoms with van der Waals surface area (Å²) in [6, 6.07) is 11.5. The lowest BCUT2D eigenvalue weighted by molar-refractivity contribution is 0.102. The van der Waals surface area contributed by atoms with E-state index in [-0.39, 0.29) is 5.91 Å². The third-order valence-electron chi connectivity index (χ3n) is 4.67. The Morgan fingerprint density at radius 3 is 2.50 bits per heavy atom. The minimum Gasteiger partial charge on any atom is -0.493 e. The quantitative estimate of drug-likeness (QED) is 0.614. The molecule has 0 aliphatic carbocycles. The summed E-state index contributed by atoms with van der Waals surface area (Å²) in [4.78, 5) is 15.2. The molecule has 0 atom stereocenters. The minimum atomic E-state index is -0.189. The topological polar surface area (TPSA) is 50.8 Å². The molecule has 0 saturated heterocycles. The van der Waals surface area contributed by atoms with Crippen molar-refractivity contribution < 1.29 is 14.3 Å². The molecule has 0 fully saturated rings. The molecule has 2 aromatic rings. The molecule has 5 heteroatoms. The SMILES string of the molecule is C=CCc1cc(C(=O)Nc2cccc(CN(CC)CC)c2)cc(OC)c1OC. The van der Waals surface area contributed by atoms with Gasteiger partial charge >= 0.3 is 0 Å². The highest BCUT2D eigenvalue weighted by molar-refractivity contribution is 6.05. The van der Waals surface area contributed by atoms with Crippen LogP contribution in [0.4, 0.5) is 5.69 Å². The molecule has 2 aromatic carbocycles. The lowest BCUT2D eigenvalue weighted by atomic mass is 10.0. The fourth-order valence-corrected chi connectivity index (χ4v) is 3.14. The highest BCUT2D eigenvalue weighted by Gasteiger charge is 2.16. The molecule has 0 aromatic heterocycles. The largest absolute Gasteiger partial charge is 0.493 e. The molecule has 0 saturated carbocycles. The second kappa shape index (κ2) is 10.5. The van der Waals surface area contributed by atoms with E-state index in [0.717, 1.165) is 30.9 Å². The first-order valence-corrected chi connectivity index (χ1v) is 9.54. The smallest absolute Gasteiger partial charge is 0.255 e. The Balaban J connectivity index is 2.25. The highest BCUT2D eigenvalue weighted by Crippen LogP contribution is 2.33. The molecule has 28 heavy (non-hydrogen) atoms. The van der Waals surface area contributed by atoms with Crippen LogP contribution in [0.25, 0.3) is 0 Å². The van der Waals surface area contributed by atoms with Gasteiger partial charge in [-0.05, 0) is 49.3 Å². The monoisotopic (exact) mass is 382 g/mol. The molecule has 1 amide bonds. The molecule has 0 aliphatic heterocycles. The van der Waals surface area contributed by atoms with Gasteiger partial charge in [-0.25, -0.2) is 0 Å². The highest BCUT2D eigenvalue weighted by atomic mass is 16.5. The zero-order valence-corrected chi connectivity index (χ0v) is 17.2. The van der Waals surface area contributed by atoms with Gasteiger partial charge in [0.1, 0.15) is 0 Å². The van der Waals surface area contributed by atoms with E-state index in [2.05, 4.69) is 36.7 Å². The summed E-state index contributed by atoms with van der Waals surface area (Å²) in [5, 5.41) is 2.99. The summed E-state index contributed by atoms with van der Waals surface area (Å²) in [6.45, 7) is 10.9. The maximum absolute atomic E-state index is 12.8. The Morgan fingerprint density at radius 2 is 1.89 bits per heavy atom. The van der Waals surface area contributed by atoms with Gasteiger partial charge in [-0.2, -0.15) is 0 Å². The number of hydrogen-bond donors (Lipinski definition) is 1. The van der Waals surface area contributed by atoms with Gasteiger partial charge < -0.3 is 14.8 Å². The van der Waals surface area contributed by atoms with E-state index in [1.807, 2.05) is 24.3 Å². The van der Waals surface area contributed by atoms with Crippen molar-refractivity contribution in [1.29, 1.82) is 0 Å². The first-order chi connectivity index (χ1) is 13.6. The molecule has 0 bridgehead atoms. The van der Waals surface area contributed by atoms with Crippen LogP contribution in [0.2, 0.25) is 0 Å². The van der Waals surface area contributed by atoms with Crippen LogP contribution in [0.1, 0.15) is 35.3 Å². The molecule has 0 heterocycles. The van der Waals surface area contributed by atoms with Crippen LogP contribution in [0.15, 0.2) is 49.1 Å². The van der Waals surface area contributed by atoms with Crippen molar-refractivity contribution in [2.45, 2.75) is 26.8 Å². The minimum absolute atomic E-state index is 0.189. The molecule has 150 valence electrons. The first-order valence-electron chi connectivity index (χ1n) is 9.54. The molecular weight excluding hydrogens is 352 g/mol. The number of benzene rings is 2. The molecule has 1 N–H and O–H groups in total. The van der Waals surface area contributed by atoms with Crippen molar-refractivity contribution >= 4 is 11.6 Å². The Kier molecular flexibility index (Phi) is 8.08. The Hall–Kier alpha value is -2.79. The lowest BCUT2D eigenvalue weighted by Gasteiger charge is -2.18. The number of rotatable bonds is 10. The summed E-state index contributed by atoms with van der Waals surface area (Å²) in [7, 11) is 3.15. The standard InChI is InChI=1S/C23H30N2O3/c1-6-10-18-14-19(15-21(27-4)22(18)28-5)23(26)24-20-12-9-11-17(13-20)16-25(7-2)8-3/h6,9,11-15H,1,7-8,10,16H2,2-5H3,(H,24,26). The van der Waals surface area contributed by atoms with Gasteiger partial charge in [0.15, 0.2) is 11.5 Å². The van der Waals surface area contributed by atoms with E-state index in [9.17, 15) is 4.79 Å². The number of amides is 1. The van der Waals surface area contributed by atoms with Crippen molar-refractivity contribution in [3.05, 3.63) is 65.7 Å². The molecular formula is C23H30N2O3. The van der Waals surface area contributed by atoms with Crippen LogP contribution in [0.5, 0.6) is 11.5 Å². The third kappa shape index (κ3) is 5.36. The van der Waals surface area contributed by atoms with Crippen LogP contribution < -0.4 is 14.8 Å². The van der Waals surface area contributed by atoms with Gasteiger partial charge in [0.25, 0.3) is 5.91 Å². The zero-order chi connectivity index (χ0) is 20.5. The van der Waals surface area contributed by atoms with E-state index in [4.69, 9.17) is 9.47 Å². The van der Waals surface area contributed by atoms with Gasteiger partial charge in [0, 0.05) is 23.4 Å². The third-order valence-corrected chi connectivity index (χ3v) is 4.67. The van der Waals surface area contributed by atoms with Crippen molar-refractivity contribution in [1.82, 2.24) is 4.90 Å². The number of nitrogens with one attached hydrogen (secondary N) is 1. The number of carbonyl (C=O) groups excluding carboxylic acids is 1. The van der Waals surface area contributed by atoms with Gasteiger partial charge in [-0.3, -0.25) is 9.69 Å². The zero-order valence-electron chi connectivity index (χ0n) is 17.2. The maximum atomic E-state index is 12.8. The second-order valence-electron chi connectivity index (χ2n) is 6.48. The number of anilines is 1. The predicted molar refractivity (Wildman–Crippen MR) is 114 cm³/mol. The van der Waals surface area contributed by atoms with Gasteiger partial charge in [0.2, 0.25) is 0 Å².